The van der Waals surface area contributed by atoms with Crippen molar-refractivity contribution < 1.29 is 9.53 Å². The average Bonchev–Trinajstić information content (AvgIpc) is 2.01. The van der Waals surface area contributed by atoms with Gasteiger partial charge < -0.3 is 9.53 Å². The first-order valence-corrected chi connectivity index (χ1v) is 7.99. The molecular weight excluding hydrogens is 168 g/mol. The molecule has 0 aliphatic heterocycles. The molecule has 2 nitrogen and oxygen atoms in total. The first-order chi connectivity index (χ1) is 5.62. The molecule has 0 aliphatic carbocycles. The molecule has 3 heteroatoms. The Kier molecular flexibility index (Phi) is 6.71. The minimum Gasteiger partial charge on any atom is -0.417 e. The van der Waals surface area contributed by atoms with Gasteiger partial charge in [-0.1, -0.05) is 19.8 Å². The van der Waals surface area contributed by atoms with Gasteiger partial charge in [0, 0.05) is 13.2 Å². The molecule has 74 valence electrons. The Bertz CT molecular complexity index is 105. The number of unbranched alkanes of at least 4 members (excludes halogenated alkanes) is 1. The molecule has 0 aromatic heterocycles. The van der Waals surface area contributed by atoms with Gasteiger partial charge in [0.1, 0.15) is 0 Å². The summed E-state index contributed by atoms with van der Waals surface area (Å²) < 4.78 is 5.75. The van der Waals surface area contributed by atoms with E-state index in [1.807, 2.05) is 0 Å². The number of aliphatic hydroxyl groups is 1. The molecule has 0 heterocycles. The van der Waals surface area contributed by atoms with Crippen LogP contribution in [0.1, 0.15) is 26.2 Å². The molecule has 0 radical (unpaired) electrons. The van der Waals surface area contributed by atoms with Gasteiger partial charge >= 0.3 is 0 Å². The molecule has 0 amide bonds. The van der Waals surface area contributed by atoms with Gasteiger partial charge in [-0.2, -0.15) is 0 Å². The summed E-state index contributed by atoms with van der Waals surface area (Å²) in [6.45, 7) is 7.69. The fraction of sp³-hybridized carbons (Fsp3) is 1.00. The SMILES string of the molecule is CCCC[Si](C)(C)OCCCO. The second-order valence-electron chi connectivity index (χ2n) is 3.79. The zero-order valence-electron chi connectivity index (χ0n) is 8.60. The lowest BCUT2D eigenvalue weighted by atomic mass is 10.4. The van der Waals surface area contributed by atoms with E-state index >= 15 is 0 Å². The normalized spacial score (nSPS) is 12.0. The van der Waals surface area contributed by atoms with Gasteiger partial charge in [0.25, 0.3) is 0 Å². The van der Waals surface area contributed by atoms with Crippen LogP contribution in [0.25, 0.3) is 0 Å². The highest BCUT2D eigenvalue weighted by atomic mass is 28.4. The molecule has 0 saturated carbocycles. The summed E-state index contributed by atoms with van der Waals surface area (Å²) >= 11 is 0. The van der Waals surface area contributed by atoms with Crippen molar-refractivity contribution in [3.05, 3.63) is 0 Å². The maximum absolute atomic E-state index is 8.57. The zero-order valence-corrected chi connectivity index (χ0v) is 9.60. The lowest BCUT2D eigenvalue weighted by Gasteiger charge is -2.22. The van der Waals surface area contributed by atoms with Crippen LogP contribution in [-0.2, 0) is 4.43 Å². The molecule has 0 aliphatic rings. The van der Waals surface area contributed by atoms with Gasteiger partial charge in [-0.3, -0.25) is 0 Å². The van der Waals surface area contributed by atoms with Gasteiger partial charge in [0.2, 0.25) is 0 Å². The number of hydrogen-bond acceptors (Lipinski definition) is 2. The van der Waals surface area contributed by atoms with E-state index in [-0.39, 0.29) is 6.61 Å². The second-order valence-corrected chi connectivity index (χ2v) is 8.10. The molecule has 0 atom stereocenters. The van der Waals surface area contributed by atoms with Crippen molar-refractivity contribution in [2.24, 2.45) is 0 Å². The number of aliphatic hydroxyl groups excluding tert-OH is 1. The van der Waals surface area contributed by atoms with Gasteiger partial charge in [-0.05, 0) is 25.6 Å². The molecule has 0 rings (SSSR count). The van der Waals surface area contributed by atoms with E-state index in [2.05, 4.69) is 20.0 Å². The zero-order chi connectivity index (χ0) is 9.45. The predicted octanol–water partition coefficient (Wildman–Crippen LogP) is 2.39. The van der Waals surface area contributed by atoms with Crippen LogP contribution in [0.3, 0.4) is 0 Å². The number of hydrogen-bond donors (Lipinski definition) is 1. The van der Waals surface area contributed by atoms with E-state index < -0.39 is 8.32 Å². The summed E-state index contributed by atoms with van der Waals surface area (Å²) in [5.74, 6) is 0. The summed E-state index contributed by atoms with van der Waals surface area (Å²) in [6.07, 6.45) is 3.31. The van der Waals surface area contributed by atoms with Crippen LogP contribution in [0, 0.1) is 0 Å². The van der Waals surface area contributed by atoms with Crippen molar-refractivity contribution >= 4 is 8.32 Å². The standard InChI is InChI=1S/C9H22O2Si/c1-4-5-9-12(2,3)11-8-6-7-10/h10H,4-9H2,1-3H3. The summed E-state index contributed by atoms with van der Waals surface area (Å²) in [5.41, 5.74) is 0. The van der Waals surface area contributed by atoms with E-state index in [1.165, 1.54) is 18.9 Å². The van der Waals surface area contributed by atoms with Crippen LogP contribution in [0.4, 0.5) is 0 Å². The Morgan fingerprint density at radius 2 is 1.92 bits per heavy atom. The first kappa shape index (κ1) is 12.1. The Hall–Kier alpha value is 0.137. The molecular formula is C9H22O2Si. The Morgan fingerprint density at radius 1 is 1.25 bits per heavy atom. The third kappa shape index (κ3) is 6.82. The Morgan fingerprint density at radius 3 is 2.42 bits per heavy atom. The summed E-state index contributed by atoms with van der Waals surface area (Å²) in [7, 11) is -1.37. The fourth-order valence-corrected chi connectivity index (χ4v) is 3.13. The Balaban J connectivity index is 3.42. The van der Waals surface area contributed by atoms with Gasteiger partial charge in [-0.15, -0.1) is 0 Å². The minimum atomic E-state index is -1.37. The monoisotopic (exact) mass is 190 g/mol. The predicted molar refractivity (Wildman–Crippen MR) is 54.9 cm³/mol. The average molecular weight is 190 g/mol. The maximum atomic E-state index is 8.57. The van der Waals surface area contributed by atoms with E-state index in [4.69, 9.17) is 9.53 Å². The summed E-state index contributed by atoms with van der Waals surface area (Å²) in [6, 6.07) is 1.24. The molecule has 0 aromatic carbocycles. The summed E-state index contributed by atoms with van der Waals surface area (Å²) in [5, 5.41) is 8.57. The van der Waals surface area contributed by atoms with Crippen molar-refractivity contribution in [1.82, 2.24) is 0 Å². The minimum absolute atomic E-state index is 0.248. The summed E-state index contributed by atoms with van der Waals surface area (Å²) in [4.78, 5) is 0. The molecule has 0 bridgehead atoms. The van der Waals surface area contributed by atoms with Crippen LogP contribution in [-0.4, -0.2) is 26.6 Å². The van der Waals surface area contributed by atoms with Crippen LogP contribution in [0.15, 0.2) is 0 Å². The van der Waals surface area contributed by atoms with Crippen LogP contribution in [0.5, 0.6) is 0 Å². The van der Waals surface area contributed by atoms with Crippen molar-refractivity contribution in [2.45, 2.75) is 45.3 Å². The molecule has 0 aromatic rings. The highest BCUT2D eigenvalue weighted by Crippen LogP contribution is 2.14. The van der Waals surface area contributed by atoms with Crippen LogP contribution >= 0.6 is 0 Å². The lowest BCUT2D eigenvalue weighted by molar-refractivity contribution is 0.228. The number of rotatable bonds is 7. The molecule has 12 heavy (non-hydrogen) atoms. The van der Waals surface area contributed by atoms with Gasteiger partial charge in [0.15, 0.2) is 8.32 Å². The highest BCUT2D eigenvalue weighted by Gasteiger charge is 2.20. The topological polar surface area (TPSA) is 29.5 Å². The van der Waals surface area contributed by atoms with Crippen molar-refractivity contribution in [3.63, 3.8) is 0 Å². The largest absolute Gasteiger partial charge is 0.417 e. The van der Waals surface area contributed by atoms with Crippen molar-refractivity contribution in [1.29, 1.82) is 0 Å². The molecule has 0 spiro atoms. The lowest BCUT2D eigenvalue weighted by Crippen LogP contribution is -2.30. The smallest absolute Gasteiger partial charge is 0.186 e. The van der Waals surface area contributed by atoms with Crippen molar-refractivity contribution in [2.75, 3.05) is 13.2 Å². The second kappa shape index (κ2) is 6.63. The van der Waals surface area contributed by atoms with E-state index in [0.29, 0.717) is 0 Å². The first-order valence-electron chi connectivity index (χ1n) is 4.87. The van der Waals surface area contributed by atoms with E-state index in [9.17, 15) is 0 Å². The third-order valence-corrected chi connectivity index (χ3v) is 4.47. The van der Waals surface area contributed by atoms with Crippen LogP contribution in [0.2, 0.25) is 19.1 Å². The van der Waals surface area contributed by atoms with E-state index in [0.717, 1.165) is 13.0 Å². The quantitative estimate of drug-likeness (QED) is 0.493. The highest BCUT2D eigenvalue weighted by molar-refractivity contribution is 6.71. The molecule has 0 fully saturated rings. The Labute approximate surface area is 77.1 Å². The molecule has 0 unspecified atom stereocenters. The third-order valence-electron chi connectivity index (χ3n) is 1.93. The fourth-order valence-electron chi connectivity index (χ4n) is 1.09. The van der Waals surface area contributed by atoms with Gasteiger partial charge in [-0.25, -0.2) is 0 Å². The van der Waals surface area contributed by atoms with Crippen LogP contribution < -0.4 is 0 Å². The van der Waals surface area contributed by atoms with Crippen molar-refractivity contribution in [3.8, 4) is 0 Å². The molecule has 1 N–H and O–H groups in total. The van der Waals surface area contributed by atoms with E-state index in [1.54, 1.807) is 0 Å². The maximum Gasteiger partial charge on any atom is 0.186 e. The molecule has 0 saturated heterocycles. The van der Waals surface area contributed by atoms with Gasteiger partial charge in [0.05, 0.1) is 0 Å².